The normalized spacial score (nSPS) is 35.1. The number of hydrogen-bond donors (Lipinski definition) is 0. The average Bonchev–Trinajstić information content (AvgIpc) is 3.12. The molecule has 2 fully saturated rings. The smallest absolute Gasteiger partial charge is 0.0844 e. The monoisotopic (exact) mass is 240 g/mol. The lowest BCUT2D eigenvalue weighted by Gasteiger charge is -2.31. The molecule has 2 heteroatoms. The van der Waals surface area contributed by atoms with Crippen molar-refractivity contribution < 1.29 is 9.47 Å². The second kappa shape index (κ2) is 5.71. The summed E-state index contributed by atoms with van der Waals surface area (Å²) in [7, 11) is 0. The fourth-order valence-corrected chi connectivity index (χ4v) is 2.96. The third kappa shape index (κ3) is 3.69. The number of ether oxygens (including phenoxy) is 2. The fraction of sp³-hybridized carbons (Fsp3) is 1.00. The van der Waals surface area contributed by atoms with Crippen molar-refractivity contribution in [2.75, 3.05) is 6.61 Å². The third-order valence-electron chi connectivity index (χ3n) is 4.60. The van der Waals surface area contributed by atoms with E-state index >= 15 is 0 Å². The molecule has 4 unspecified atom stereocenters. The SMILES string of the molecule is CCCOC(C)(CC)CCC1CCC2OC2C1. The molecule has 1 saturated heterocycles. The van der Waals surface area contributed by atoms with Crippen molar-refractivity contribution >= 4 is 0 Å². The molecule has 0 aromatic rings. The highest BCUT2D eigenvalue weighted by molar-refractivity contribution is 4.92. The van der Waals surface area contributed by atoms with Gasteiger partial charge in [0.1, 0.15) is 0 Å². The van der Waals surface area contributed by atoms with Crippen LogP contribution in [0.25, 0.3) is 0 Å². The minimum Gasteiger partial charge on any atom is -0.375 e. The largest absolute Gasteiger partial charge is 0.375 e. The van der Waals surface area contributed by atoms with Crippen LogP contribution in [-0.2, 0) is 9.47 Å². The number of rotatable bonds is 7. The van der Waals surface area contributed by atoms with E-state index in [1.807, 2.05) is 0 Å². The minimum absolute atomic E-state index is 0.108. The molecule has 0 amide bonds. The zero-order valence-corrected chi connectivity index (χ0v) is 11.7. The van der Waals surface area contributed by atoms with E-state index in [1.54, 1.807) is 0 Å². The lowest BCUT2D eigenvalue weighted by molar-refractivity contribution is -0.0443. The molecule has 2 aliphatic rings. The lowest BCUT2D eigenvalue weighted by Crippen LogP contribution is -2.29. The number of epoxide rings is 1. The Labute approximate surface area is 106 Å². The van der Waals surface area contributed by atoms with E-state index < -0.39 is 0 Å². The summed E-state index contributed by atoms with van der Waals surface area (Å²) < 4.78 is 11.6. The first-order valence-electron chi connectivity index (χ1n) is 7.46. The Morgan fingerprint density at radius 3 is 2.71 bits per heavy atom. The molecular weight excluding hydrogens is 212 g/mol. The molecule has 2 nitrogen and oxygen atoms in total. The second-order valence-electron chi connectivity index (χ2n) is 6.08. The van der Waals surface area contributed by atoms with Crippen molar-refractivity contribution in [2.45, 2.75) is 83.5 Å². The van der Waals surface area contributed by atoms with Crippen molar-refractivity contribution in [1.29, 1.82) is 0 Å². The third-order valence-corrected chi connectivity index (χ3v) is 4.60. The first-order chi connectivity index (χ1) is 8.17. The Morgan fingerprint density at radius 2 is 2.06 bits per heavy atom. The highest BCUT2D eigenvalue weighted by Crippen LogP contribution is 2.41. The number of fused-ring (bicyclic) bond motifs is 1. The predicted octanol–water partition coefficient (Wildman–Crippen LogP) is 3.93. The molecule has 1 heterocycles. The van der Waals surface area contributed by atoms with Gasteiger partial charge < -0.3 is 9.47 Å². The van der Waals surface area contributed by atoms with Gasteiger partial charge in [0.2, 0.25) is 0 Å². The summed E-state index contributed by atoms with van der Waals surface area (Å²) >= 11 is 0. The zero-order chi connectivity index (χ0) is 12.3. The van der Waals surface area contributed by atoms with E-state index in [1.165, 1.54) is 32.1 Å². The van der Waals surface area contributed by atoms with Gasteiger partial charge in [0.05, 0.1) is 17.8 Å². The summed E-state index contributed by atoms with van der Waals surface area (Å²) in [6.07, 6.45) is 10.0. The molecule has 0 radical (unpaired) electrons. The molecule has 0 bridgehead atoms. The Hall–Kier alpha value is -0.0800. The molecule has 2 rings (SSSR count). The van der Waals surface area contributed by atoms with Gasteiger partial charge in [-0.1, -0.05) is 13.8 Å². The maximum absolute atomic E-state index is 6.02. The molecular formula is C15H28O2. The molecule has 17 heavy (non-hydrogen) atoms. The molecule has 1 aliphatic carbocycles. The summed E-state index contributed by atoms with van der Waals surface area (Å²) in [6, 6.07) is 0. The van der Waals surface area contributed by atoms with Gasteiger partial charge in [0.25, 0.3) is 0 Å². The molecule has 100 valence electrons. The highest BCUT2D eigenvalue weighted by Gasteiger charge is 2.43. The van der Waals surface area contributed by atoms with Gasteiger partial charge in [-0.3, -0.25) is 0 Å². The lowest BCUT2D eigenvalue weighted by atomic mass is 9.83. The first-order valence-corrected chi connectivity index (χ1v) is 7.46. The average molecular weight is 240 g/mol. The zero-order valence-electron chi connectivity index (χ0n) is 11.7. The molecule has 1 saturated carbocycles. The van der Waals surface area contributed by atoms with Crippen molar-refractivity contribution in [2.24, 2.45) is 5.92 Å². The van der Waals surface area contributed by atoms with E-state index in [-0.39, 0.29) is 5.60 Å². The van der Waals surface area contributed by atoms with E-state index in [2.05, 4.69) is 20.8 Å². The summed E-state index contributed by atoms with van der Waals surface area (Å²) in [5.74, 6) is 0.884. The van der Waals surface area contributed by atoms with E-state index in [4.69, 9.17) is 9.47 Å². The maximum atomic E-state index is 6.02. The van der Waals surface area contributed by atoms with Crippen LogP contribution >= 0.6 is 0 Å². The molecule has 0 aromatic carbocycles. The molecule has 0 aromatic heterocycles. The van der Waals surface area contributed by atoms with Gasteiger partial charge in [0, 0.05) is 6.61 Å². The quantitative estimate of drug-likeness (QED) is 0.629. The Kier molecular flexibility index (Phi) is 4.48. The predicted molar refractivity (Wildman–Crippen MR) is 70.2 cm³/mol. The summed E-state index contributed by atoms with van der Waals surface area (Å²) in [4.78, 5) is 0. The van der Waals surface area contributed by atoms with Crippen LogP contribution in [0.2, 0.25) is 0 Å². The number of hydrogen-bond acceptors (Lipinski definition) is 2. The van der Waals surface area contributed by atoms with Crippen LogP contribution in [0.3, 0.4) is 0 Å². The first kappa shape index (κ1) is 13.4. The molecule has 4 atom stereocenters. The van der Waals surface area contributed by atoms with Crippen molar-refractivity contribution in [3.63, 3.8) is 0 Å². The maximum Gasteiger partial charge on any atom is 0.0844 e. The van der Waals surface area contributed by atoms with E-state index in [9.17, 15) is 0 Å². The van der Waals surface area contributed by atoms with Gasteiger partial charge >= 0.3 is 0 Å². The van der Waals surface area contributed by atoms with Crippen molar-refractivity contribution in [1.82, 2.24) is 0 Å². The summed E-state index contributed by atoms with van der Waals surface area (Å²) in [6.45, 7) is 7.61. The topological polar surface area (TPSA) is 21.8 Å². The van der Waals surface area contributed by atoms with Gasteiger partial charge in [-0.25, -0.2) is 0 Å². The molecule has 1 aliphatic heterocycles. The van der Waals surface area contributed by atoms with Crippen LogP contribution in [-0.4, -0.2) is 24.4 Å². The van der Waals surface area contributed by atoms with Crippen LogP contribution in [0.1, 0.15) is 65.7 Å². The highest BCUT2D eigenvalue weighted by atomic mass is 16.6. The Balaban J connectivity index is 1.70. The van der Waals surface area contributed by atoms with Gasteiger partial charge in [-0.2, -0.15) is 0 Å². The summed E-state index contributed by atoms with van der Waals surface area (Å²) in [5.41, 5.74) is 0.108. The molecule has 0 N–H and O–H groups in total. The second-order valence-corrected chi connectivity index (χ2v) is 6.08. The Bertz CT molecular complexity index is 241. The van der Waals surface area contributed by atoms with Crippen molar-refractivity contribution in [3.8, 4) is 0 Å². The van der Waals surface area contributed by atoms with Crippen LogP contribution in [0.5, 0.6) is 0 Å². The van der Waals surface area contributed by atoms with E-state index in [0.29, 0.717) is 12.2 Å². The van der Waals surface area contributed by atoms with Crippen LogP contribution in [0.15, 0.2) is 0 Å². The fourth-order valence-electron chi connectivity index (χ4n) is 2.96. The van der Waals surface area contributed by atoms with E-state index in [0.717, 1.165) is 25.4 Å². The van der Waals surface area contributed by atoms with Crippen LogP contribution in [0, 0.1) is 5.92 Å². The standard InChI is InChI=1S/C15H28O2/c1-4-10-16-15(3,5-2)9-8-12-6-7-13-14(11-12)17-13/h12-14H,4-11H2,1-3H3. The van der Waals surface area contributed by atoms with Gasteiger partial charge in [-0.15, -0.1) is 0 Å². The van der Waals surface area contributed by atoms with Crippen LogP contribution < -0.4 is 0 Å². The van der Waals surface area contributed by atoms with Crippen molar-refractivity contribution in [3.05, 3.63) is 0 Å². The van der Waals surface area contributed by atoms with Gasteiger partial charge in [-0.05, 0) is 57.8 Å². The minimum atomic E-state index is 0.108. The van der Waals surface area contributed by atoms with Crippen LogP contribution in [0.4, 0.5) is 0 Å². The Morgan fingerprint density at radius 1 is 1.24 bits per heavy atom. The molecule has 0 spiro atoms. The van der Waals surface area contributed by atoms with Gasteiger partial charge in [0.15, 0.2) is 0 Å². The summed E-state index contributed by atoms with van der Waals surface area (Å²) in [5, 5.41) is 0.